The smallest absolute Gasteiger partial charge is 0.220 e. The van der Waals surface area contributed by atoms with Gasteiger partial charge in [-0.25, -0.2) is 4.68 Å². The number of benzene rings is 1. The Morgan fingerprint density at radius 1 is 1.12 bits per heavy atom. The zero-order valence-corrected chi connectivity index (χ0v) is 8.36. The first-order chi connectivity index (χ1) is 7.47. The van der Waals surface area contributed by atoms with E-state index in [-0.39, 0.29) is 0 Å². The molecule has 6 heteroatoms. The quantitative estimate of drug-likeness (QED) is 0.749. The number of aryl methyl sites for hydroxylation is 1. The lowest BCUT2D eigenvalue weighted by molar-refractivity contribution is -0.141. The molecule has 1 heterocycles. The molecule has 16 heavy (non-hydrogen) atoms. The summed E-state index contributed by atoms with van der Waals surface area (Å²) in [5.41, 5.74) is 0.585. The molecule has 2 rings (SSSR count). The van der Waals surface area contributed by atoms with Crippen molar-refractivity contribution in [3.63, 3.8) is 0 Å². The maximum Gasteiger partial charge on any atom is 0.436 e. The van der Waals surface area contributed by atoms with Crippen LogP contribution in [0.5, 0.6) is 0 Å². The van der Waals surface area contributed by atoms with Crippen molar-refractivity contribution < 1.29 is 13.2 Å². The summed E-state index contributed by atoms with van der Waals surface area (Å²) >= 11 is 0. The zero-order valence-electron chi connectivity index (χ0n) is 8.36. The Balaban J connectivity index is 2.35. The van der Waals surface area contributed by atoms with E-state index in [1.165, 1.54) is 0 Å². The first-order valence-electron chi connectivity index (χ1n) is 4.53. The van der Waals surface area contributed by atoms with Gasteiger partial charge in [0, 0.05) is 0 Å². The van der Waals surface area contributed by atoms with E-state index < -0.39 is 11.9 Å². The number of rotatable bonds is 1. The van der Waals surface area contributed by atoms with E-state index in [1.54, 1.807) is 24.3 Å². The fourth-order valence-corrected chi connectivity index (χ4v) is 1.22. The van der Waals surface area contributed by atoms with E-state index in [0.29, 0.717) is 5.69 Å². The largest absolute Gasteiger partial charge is 0.436 e. The summed E-state index contributed by atoms with van der Waals surface area (Å²) in [5, 5.41) is 6.50. The molecule has 0 saturated carbocycles. The maximum atomic E-state index is 12.3. The number of hydrogen-bond acceptors (Lipinski definition) is 2. The van der Waals surface area contributed by atoms with Gasteiger partial charge in [-0.1, -0.05) is 22.9 Å². The minimum Gasteiger partial charge on any atom is -0.220 e. The summed E-state index contributed by atoms with van der Waals surface area (Å²) in [5.74, 6) is 0. The highest BCUT2D eigenvalue weighted by Crippen LogP contribution is 2.27. The normalized spacial score (nSPS) is 11.8. The monoisotopic (exact) mass is 227 g/mol. The third kappa shape index (κ3) is 2.05. The van der Waals surface area contributed by atoms with Crippen LogP contribution < -0.4 is 0 Å². The molecule has 1 aromatic carbocycles. The Morgan fingerprint density at radius 3 is 2.25 bits per heavy atom. The lowest BCUT2D eigenvalue weighted by Crippen LogP contribution is -2.04. The van der Waals surface area contributed by atoms with Gasteiger partial charge in [0.25, 0.3) is 0 Å². The van der Waals surface area contributed by atoms with Crippen molar-refractivity contribution in [1.29, 1.82) is 0 Å². The predicted molar refractivity (Wildman–Crippen MR) is 51.1 cm³/mol. The molecule has 2 aromatic rings. The molecule has 0 bridgehead atoms. The standard InChI is InChI=1S/C10H8F3N3/c1-7-2-4-8(5-3-7)16-6-9(14-15-16)10(11,12)13/h2-6H,1H3. The Labute approximate surface area is 89.5 Å². The van der Waals surface area contributed by atoms with Crippen LogP contribution in [0.15, 0.2) is 30.5 Å². The van der Waals surface area contributed by atoms with Crippen molar-refractivity contribution in [3.05, 3.63) is 41.7 Å². The third-order valence-electron chi connectivity index (χ3n) is 2.08. The van der Waals surface area contributed by atoms with Crippen molar-refractivity contribution in [3.8, 4) is 5.69 Å². The SMILES string of the molecule is Cc1ccc(-n2cc(C(F)(F)F)nn2)cc1. The van der Waals surface area contributed by atoms with Gasteiger partial charge in [-0.3, -0.25) is 0 Å². The Morgan fingerprint density at radius 2 is 1.75 bits per heavy atom. The molecular weight excluding hydrogens is 219 g/mol. The van der Waals surface area contributed by atoms with Gasteiger partial charge in [-0.05, 0) is 19.1 Å². The van der Waals surface area contributed by atoms with Crippen LogP contribution in [0, 0.1) is 6.92 Å². The molecule has 84 valence electrons. The van der Waals surface area contributed by atoms with E-state index in [1.807, 2.05) is 6.92 Å². The molecule has 1 aromatic heterocycles. The molecule has 0 unspecified atom stereocenters. The summed E-state index contributed by atoms with van der Waals surface area (Å²) < 4.78 is 37.9. The van der Waals surface area contributed by atoms with Gasteiger partial charge in [0.05, 0.1) is 11.9 Å². The highest BCUT2D eigenvalue weighted by molar-refractivity contribution is 5.33. The van der Waals surface area contributed by atoms with E-state index in [0.717, 1.165) is 16.4 Å². The molecule has 0 aliphatic heterocycles. The van der Waals surface area contributed by atoms with E-state index in [9.17, 15) is 13.2 Å². The summed E-state index contributed by atoms with van der Waals surface area (Å²) in [6.45, 7) is 1.90. The molecule has 0 radical (unpaired) electrons. The van der Waals surface area contributed by atoms with E-state index in [4.69, 9.17) is 0 Å². The minimum absolute atomic E-state index is 0.550. The molecular formula is C10H8F3N3. The molecule has 3 nitrogen and oxygen atoms in total. The fourth-order valence-electron chi connectivity index (χ4n) is 1.22. The summed E-state index contributed by atoms with van der Waals surface area (Å²) in [7, 11) is 0. The summed E-state index contributed by atoms with van der Waals surface area (Å²) in [6, 6.07) is 6.96. The summed E-state index contributed by atoms with van der Waals surface area (Å²) in [4.78, 5) is 0. The van der Waals surface area contributed by atoms with Crippen LogP contribution in [0.4, 0.5) is 13.2 Å². The van der Waals surface area contributed by atoms with Crippen LogP contribution in [-0.2, 0) is 6.18 Å². The minimum atomic E-state index is -4.46. The first kappa shape index (κ1) is 10.7. The Bertz CT molecular complexity index is 485. The molecule has 0 amide bonds. The van der Waals surface area contributed by atoms with Crippen LogP contribution in [0.3, 0.4) is 0 Å². The van der Waals surface area contributed by atoms with Gasteiger partial charge < -0.3 is 0 Å². The number of nitrogens with zero attached hydrogens (tertiary/aromatic N) is 3. The molecule has 0 atom stereocenters. The van der Waals surface area contributed by atoms with Crippen LogP contribution in [0.25, 0.3) is 5.69 Å². The highest BCUT2D eigenvalue weighted by atomic mass is 19.4. The second-order valence-electron chi connectivity index (χ2n) is 3.38. The second-order valence-corrected chi connectivity index (χ2v) is 3.38. The van der Waals surface area contributed by atoms with Gasteiger partial charge in [-0.2, -0.15) is 13.2 Å². The lowest BCUT2D eigenvalue weighted by Gasteiger charge is -2.00. The molecule has 0 aliphatic carbocycles. The molecule has 0 spiro atoms. The number of aromatic nitrogens is 3. The van der Waals surface area contributed by atoms with E-state index in [2.05, 4.69) is 10.3 Å². The van der Waals surface area contributed by atoms with Crippen LogP contribution >= 0.6 is 0 Å². The van der Waals surface area contributed by atoms with Crippen LogP contribution in [-0.4, -0.2) is 15.0 Å². The topological polar surface area (TPSA) is 30.7 Å². The van der Waals surface area contributed by atoms with Crippen molar-refractivity contribution >= 4 is 0 Å². The van der Waals surface area contributed by atoms with Crippen LogP contribution in [0.1, 0.15) is 11.3 Å². The fraction of sp³-hybridized carbons (Fsp3) is 0.200. The molecule has 0 N–H and O–H groups in total. The van der Waals surface area contributed by atoms with Gasteiger partial charge in [0.1, 0.15) is 0 Å². The van der Waals surface area contributed by atoms with Crippen molar-refractivity contribution in [2.24, 2.45) is 0 Å². The Hall–Kier alpha value is -1.85. The van der Waals surface area contributed by atoms with Gasteiger partial charge in [-0.15, -0.1) is 5.10 Å². The van der Waals surface area contributed by atoms with Crippen molar-refractivity contribution in [2.75, 3.05) is 0 Å². The molecule has 0 aliphatic rings. The number of hydrogen-bond donors (Lipinski definition) is 0. The molecule has 0 fully saturated rings. The summed E-state index contributed by atoms with van der Waals surface area (Å²) in [6.07, 6.45) is -3.59. The van der Waals surface area contributed by atoms with Crippen molar-refractivity contribution in [1.82, 2.24) is 15.0 Å². The lowest BCUT2D eigenvalue weighted by atomic mass is 10.2. The zero-order chi connectivity index (χ0) is 11.8. The highest BCUT2D eigenvalue weighted by Gasteiger charge is 2.34. The second kappa shape index (κ2) is 3.62. The molecule has 0 saturated heterocycles. The average molecular weight is 227 g/mol. The average Bonchev–Trinajstić information content (AvgIpc) is 2.67. The van der Waals surface area contributed by atoms with Crippen molar-refractivity contribution in [2.45, 2.75) is 13.1 Å². The van der Waals surface area contributed by atoms with Gasteiger partial charge in [0.15, 0.2) is 5.69 Å². The number of halogens is 3. The van der Waals surface area contributed by atoms with Crippen LogP contribution in [0.2, 0.25) is 0 Å². The maximum absolute atomic E-state index is 12.3. The number of alkyl halides is 3. The van der Waals surface area contributed by atoms with Gasteiger partial charge >= 0.3 is 6.18 Å². The third-order valence-corrected chi connectivity index (χ3v) is 2.08. The van der Waals surface area contributed by atoms with Gasteiger partial charge in [0.2, 0.25) is 0 Å². The van der Waals surface area contributed by atoms with E-state index >= 15 is 0 Å². The predicted octanol–water partition coefficient (Wildman–Crippen LogP) is 2.59. The first-order valence-corrected chi connectivity index (χ1v) is 4.53. The Kier molecular flexibility index (Phi) is 2.41.